The average Bonchev–Trinajstić information content (AvgIpc) is 2.15. The van der Waals surface area contributed by atoms with Crippen LogP contribution < -0.4 is 0 Å². The predicted octanol–water partition coefficient (Wildman–Crippen LogP) is 1.21. The molecule has 6 heteroatoms. The van der Waals surface area contributed by atoms with Crippen LogP contribution >= 0.6 is 0 Å². The van der Waals surface area contributed by atoms with Gasteiger partial charge in [-0.3, -0.25) is 0 Å². The highest BCUT2D eigenvalue weighted by molar-refractivity contribution is 7.91. The van der Waals surface area contributed by atoms with Gasteiger partial charge >= 0.3 is 5.97 Å². The summed E-state index contributed by atoms with van der Waals surface area (Å²) in [7, 11) is -3.58. The fourth-order valence-electron chi connectivity index (χ4n) is 1.33. The molecule has 1 N–H and O–H groups in total. The summed E-state index contributed by atoms with van der Waals surface area (Å²) in [6, 6.07) is 2.69. The Morgan fingerprint density at radius 3 is 2.62 bits per heavy atom. The Labute approximate surface area is 94.1 Å². The van der Waals surface area contributed by atoms with E-state index in [1.165, 1.54) is 18.3 Å². The highest BCUT2D eigenvalue weighted by Crippen LogP contribution is 2.17. The first-order valence-electron chi connectivity index (χ1n) is 4.75. The normalized spacial score (nSPS) is 11.7. The van der Waals surface area contributed by atoms with E-state index >= 15 is 0 Å². The first kappa shape index (κ1) is 12.6. The number of nitrogens with zero attached hydrogens (tertiary/aromatic N) is 1. The fourth-order valence-corrected chi connectivity index (χ4v) is 3.11. The van der Waals surface area contributed by atoms with Crippen molar-refractivity contribution in [3.05, 3.63) is 24.0 Å². The third-order valence-electron chi connectivity index (χ3n) is 1.86. The molecule has 1 rings (SSSR count). The van der Waals surface area contributed by atoms with Gasteiger partial charge in [-0.2, -0.15) is 0 Å². The third-order valence-corrected chi connectivity index (χ3v) is 3.97. The molecule has 5 nitrogen and oxygen atoms in total. The van der Waals surface area contributed by atoms with Gasteiger partial charge in [-0.15, -0.1) is 0 Å². The van der Waals surface area contributed by atoms with Crippen LogP contribution in [0.5, 0.6) is 0 Å². The highest BCUT2D eigenvalue weighted by atomic mass is 32.2. The number of pyridine rings is 1. The number of rotatable bonds is 4. The standard InChI is InChI=1S/C10H13NO4S/c1-7(2)6-16(14,15)8-4-3-5-11-9(8)10(12)13/h3-5,7H,6H2,1-2H3,(H,12,13). The Balaban J connectivity index is 3.28. The van der Waals surface area contributed by atoms with Crippen molar-refractivity contribution in [1.29, 1.82) is 0 Å². The molecule has 0 aliphatic carbocycles. The molecular weight excluding hydrogens is 230 g/mol. The van der Waals surface area contributed by atoms with E-state index in [0.29, 0.717) is 0 Å². The summed E-state index contributed by atoms with van der Waals surface area (Å²) in [5.74, 6) is -1.48. The summed E-state index contributed by atoms with van der Waals surface area (Å²) in [6.45, 7) is 3.52. The molecule has 0 aromatic carbocycles. The maximum Gasteiger partial charge on any atom is 0.355 e. The molecule has 1 heterocycles. The van der Waals surface area contributed by atoms with Crippen molar-refractivity contribution in [2.24, 2.45) is 5.92 Å². The lowest BCUT2D eigenvalue weighted by Crippen LogP contribution is -2.16. The summed E-state index contributed by atoms with van der Waals surface area (Å²) >= 11 is 0. The minimum atomic E-state index is -3.58. The molecule has 0 saturated heterocycles. The second-order valence-electron chi connectivity index (χ2n) is 3.83. The number of aromatic nitrogens is 1. The van der Waals surface area contributed by atoms with E-state index in [-0.39, 0.29) is 16.6 Å². The van der Waals surface area contributed by atoms with Crippen molar-refractivity contribution < 1.29 is 18.3 Å². The van der Waals surface area contributed by atoms with Crippen molar-refractivity contribution in [3.63, 3.8) is 0 Å². The second-order valence-corrected chi connectivity index (χ2v) is 5.83. The number of sulfone groups is 1. The molecule has 0 radical (unpaired) electrons. The number of carbonyl (C=O) groups is 1. The molecule has 0 aliphatic heterocycles. The SMILES string of the molecule is CC(C)CS(=O)(=O)c1cccnc1C(=O)O. The van der Waals surface area contributed by atoms with Crippen molar-refractivity contribution in [1.82, 2.24) is 4.98 Å². The summed E-state index contributed by atoms with van der Waals surface area (Å²) in [5.41, 5.74) is -0.414. The molecule has 0 spiro atoms. The zero-order chi connectivity index (χ0) is 12.3. The van der Waals surface area contributed by atoms with Crippen molar-refractivity contribution in [3.8, 4) is 0 Å². The van der Waals surface area contributed by atoms with Crippen molar-refractivity contribution in [2.75, 3.05) is 5.75 Å². The maximum absolute atomic E-state index is 11.9. The maximum atomic E-state index is 11.9. The Morgan fingerprint density at radius 2 is 2.12 bits per heavy atom. The minimum absolute atomic E-state index is 0.0631. The van der Waals surface area contributed by atoms with E-state index in [0.717, 1.165) is 0 Å². The molecule has 0 amide bonds. The van der Waals surface area contributed by atoms with Crippen LogP contribution in [0, 0.1) is 5.92 Å². The smallest absolute Gasteiger partial charge is 0.355 e. The van der Waals surface area contributed by atoms with E-state index < -0.39 is 21.5 Å². The number of carboxylic acids is 1. The number of hydrogen-bond donors (Lipinski definition) is 1. The van der Waals surface area contributed by atoms with E-state index in [2.05, 4.69) is 4.98 Å². The summed E-state index contributed by atoms with van der Waals surface area (Å²) < 4.78 is 23.7. The molecule has 0 saturated carbocycles. The zero-order valence-corrected chi connectivity index (χ0v) is 9.86. The Bertz CT molecular complexity index is 493. The Morgan fingerprint density at radius 1 is 1.50 bits per heavy atom. The van der Waals surface area contributed by atoms with Crippen LogP contribution in [-0.4, -0.2) is 30.2 Å². The fraction of sp³-hybridized carbons (Fsp3) is 0.400. The van der Waals surface area contributed by atoms with Crippen molar-refractivity contribution >= 4 is 15.8 Å². The Kier molecular flexibility index (Phi) is 3.64. The average molecular weight is 243 g/mol. The van der Waals surface area contributed by atoms with E-state index in [1.54, 1.807) is 13.8 Å². The van der Waals surface area contributed by atoms with Crippen LogP contribution in [0.15, 0.2) is 23.2 Å². The van der Waals surface area contributed by atoms with Crippen LogP contribution in [0.2, 0.25) is 0 Å². The van der Waals surface area contributed by atoms with Gasteiger partial charge in [-0.05, 0) is 18.1 Å². The lowest BCUT2D eigenvalue weighted by molar-refractivity contribution is 0.0686. The van der Waals surface area contributed by atoms with Gasteiger partial charge in [-0.25, -0.2) is 18.2 Å². The zero-order valence-electron chi connectivity index (χ0n) is 9.04. The minimum Gasteiger partial charge on any atom is -0.476 e. The number of carboxylic acid groups (broad SMARTS) is 1. The molecular formula is C10H13NO4S. The number of hydrogen-bond acceptors (Lipinski definition) is 4. The van der Waals surface area contributed by atoms with Crippen molar-refractivity contribution in [2.45, 2.75) is 18.7 Å². The molecule has 0 fully saturated rings. The van der Waals surface area contributed by atoms with Gasteiger partial charge in [0.1, 0.15) is 4.90 Å². The largest absolute Gasteiger partial charge is 0.476 e. The summed E-state index contributed by atoms with van der Waals surface area (Å²) in [6.07, 6.45) is 1.26. The molecule has 16 heavy (non-hydrogen) atoms. The predicted molar refractivity (Wildman–Crippen MR) is 58.1 cm³/mol. The first-order chi connectivity index (χ1) is 7.34. The highest BCUT2D eigenvalue weighted by Gasteiger charge is 2.23. The van der Waals surface area contributed by atoms with E-state index in [1.807, 2.05) is 0 Å². The molecule has 0 bridgehead atoms. The van der Waals surface area contributed by atoms with Gasteiger partial charge < -0.3 is 5.11 Å². The van der Waals surface area contributed by atoms with Crippen LogP contribution in [0.3, 0.4) is 0 Å². The van der Waals surface area contributed by atoms with Crippen LogP contribution in [0.4, 0.5) is 0 Å². The first-order valence-corrected chi connectivity index (χ1v) is 6.41. The molecule has 1 aromatic rings. The molecule has 0 aliphatic rings. The van der Waals surface area contributed by atoms with Gasteiger partial charge in [0.2, 0.25) is 0 Å². The summed E-state index contributed by atoms with van der Waals surface area (Å²) in [5, 5.41) is 8.84. The monoisotopic (exact) mass is 243 g/mol. The van der Waals surface area contributed by atoms with E-state index in [4.69, 9.17) is 5.11 Å². The van der Waals surface area contributed by atoms with E-state index in [9.17, 15) is 13.2 Å². The van der Waals surface area contributed by atoms with Gasteiger partial charge in [0, 0.05) is 6.20 Å². The third kappa shape index (κ3) is 2.79. The second kappa shape index (κ2) is 4.61. The quantitative estimate of drug-likeness (QED) is 0.859. The molecule has 0 unspecified atom stereocenters. The van der Waals surface area contributed by atoms with Gasteiger partial charge in [0.15, 0.2) is 15.5 Å². The van der Waals surface area contributed by atoms with Gasteiger partial charge in [0.05, 0.1) is 5.75 Å². The Hall–Kier alpha value is -1.43. The number of aromatic carboxylic acids is 1. The van der Waals surface area contributed by atoms with Gasteiger partial charge in [-0.1, -0.05) is 13.8 Å². The summed E-state index contributed by atoms with van der Waals surface area (Å²) in [4.78, 5) is 14.2. The molecule has 0 atom stereocenters. The lowest BCUT2D eigenvalue weighted by atomic mass is 10.3. The van der Waals surface area contributed by atoms with Gasteiger partial charge in [0.25, 0.3) is 0 Å². The topological polar surface area (TPSA) is 84.3 Å². The van der Waals surface area contributed by atoms with Crippen LogP contribution in [-0.2, 0) is 9.84 Å². The molecule has 88 valence electrons. The van der Waals surface area contributed by atoms with Crippen LogP contribution in [0.1, 0.15) is 24.3 Å². The molecule has 1 aromatic heterocycles. The lowest BCUT2D eigenvalue weighted by Gasteiger charge is -2.08. The van der Waals surface area contributed by atoms with Crippen LogP contribution in [0.25, 0.3) is 0 Å².